The Kier molecular flexibility index (Phi) is 3.85. The van der Waals surface area contributed by atoms with Crippen LogP contribution in [0.3, 0.4) is 0 Å². The predicted molar refractivity (Wildman–Crippen MR) is 141 cm³/mol. The first kappa shape index (κ1) is 19.2. The molecule has 36 heavy (non-hydrogen) atoms. The molecule has 0 saturated carbocycles. The number of hydrogen-bond donors (Lipinski definition) is 0. The molecule has 0 atom stereocenters. The van der Waals surface area contributed by atoms with Gasteiger partial charge in [0.25, 0.3) is 11.5 Å². The van der Waals surface area contributed by atoms with Gasteiger partial charge in [0.1, 0.15) is 5.65 Å². The Morgan fingerprint density at radius 2 is 1.36 bits per heavy atom. The third-order valence-electron chi connectivity index (χ3n) is 6.80. The van der Waals surface area contributed by atoms with Gasteiger partial charge in [-0.25, -0.2) is 9.55 Å². The molecular weight excluding hydrogens is 444 g/mol. The molecule has 0 aliphatic rings. The van der Waals surface area contributed by atoms with Crippen LogP contribution in [0.1, 0.15) is 0 Å². The normalized spacial score (nSPS) is 11.9. The van der Waals surface area contributed by atoms with Gasteiger partial charge >= 0.3 is 5.95 Å². The number of hydrogen-bond acceptors (Lipinski definition) is 3. The molecule has 0 saturated heterocycles. The maximum absolute atomic E-state index is 5.13. The second-order valence-electron chi connectivity index (χ2n) is 8.86. The van der Waals surface area contributed by atoms with Crippen LogP contribution >= 0.6 is 0 Å². The third-order valence-corrected chi connectivity index (χ3v) is 6.80. The van der Waals surface area contributed by atoms with E-state index < -0.39 is 0 Å². The zero-order chi connectivity index (χ0) is 23.6. The first-order valence-corrected chi connectivity index (χ1v) is 11.9. The van der Waals surface area contributed by atoms with Gasteiger partial charge in [0.05, 0.1) is 39.3 Å². The van der Waals surface area contributed by atoms with Crippen molar-refractivity contribution in [1.82, 2.24) is 23.9 Å². The molecule has 3 aromatic carbocycles. The topological polar surface area (TPSA) is 52.1 Å². The lowest BCUT2D eigenvalue weighted by Crippen LogP contribution is -2.28. The van der Waals surface area contributed by atoms with E-state index in [4.69, 9.17) is 15.0 Å². The van der Waals surface area contributed by atoms with Crippen molar-refractivity contribution in [2.45, 2.75) is 0 Å². The lowest BCUT2D eigenvalue weighted by Gasteiger charge is -2.05. The van der Waals surface area contributed by atoms with Crippen molar-refractivity contribution in [2.24, 2.45) is 0 Å². The Morgan fingerprint density at radius 3 is 2.28 bits per heavy atom. The maximum Gasteiger partial charge on any atom is 0.387 e. The largest absolute Gasteiger partial charge is 0.387 e. The maximum atomic E-state index is 5.13. The SMILES string of the molecule is c1ccc(-c2nc(-n3c4ccccc4c4c3ccc3nc5ccccc5n34)nc3cccc[n+]23)cc1. The smallest absolute Gasteiger partial charge is 0.290 e. The van der Waals surface area contributed by atoms with Crippen LogP contribution in [0.25, 0.3) is 61.6 Å². The second-order valence-corrected chi connectivity index (χ2v) is 8.86. The highest BCUT2D eigenvalue weighted by Crippen LogP contribution is 2.33. The van der Waals surface area contributed by atoms with Gasteiger partial charge in [0, 0.05) is 11.5 Å². The fourth-order valence-electron chi connectivity index (χ4n) is 5.26. The zero-order valence-corrected chi connectivity index (χ0v) is 19.2. The average molecular weight is 464 g/mol. The Labute approximate surface area is 205 Å². The van der Waals surface area contributed by atoms with E-state index in [0.717, 1.165) is 55.7 Å². The van der Waals surface area contributed by atoms with Crippen LogP contribution in [0.5, 0.6) is 0 Å². The minimum absolute atomic E-state index is 0.634. The molecule has 0 aliphatic carbocycles. The van der Waals surface area contributed by atoms with Crippen LogP contribution in [0.15, 0.2) is 115 Å². The molecule has 5 heterocycles. The van der Waals surface area contributed by atoms with Crippen LogP contribution in [-0.4, -0.2) is 23.9 Å². The summed E-state index contributed by atoms with van der Waals surface area (Å²) in [5.41, 5.74) is 8.04. The predicted octanol–water partition coefficient (Wildman–Crippen LogP) is 5.78. The first-order valence-electron chi connectivity index (χ1n) is 11.9. The van der Waals surface area contributed by atoms with Crippen molar-refractivity contribution in [3.8, 4) is 17.3 Å². The molecule has 0 amide bonds. The molecule has 8 aromatic rings. The summed E-state index contributed by atoms with van der Waals surface area (Å²) >= 11 is 0. The van der Waals surface area contributed by atoms with E-state index in [-0.39, 0.29) is 0 Å². The second kappa shape index (κ2) is 7.20. The standard InChI is InChI=1S/C30H19N6/c1-2-10-20(11-3-1)29-33-30(32-26-16-8-9-19-34(26)29)35-23-14-6-4-12-21(23)28-25(35)17-18-27-31-22-13-5-7-15-24(22)36(27)28/h1-19H/q+1. The van der Waals surface area contributed by atoms with Gasteiger partial charge in [-0.3, -0.25) is 4.40 Å². The van der Waals surface area contributed by atoms with Gasteiger partial charge in [-0.15, -0.1) is 0 Å². The number of pyridine rings is 2. The fraction of sp³-hybridized carbons (Fsp3) is 0. The Balaban J connectivity index is 1.55. The van der Waals surface area contributed by atoms with Crippen molar-refractivity contribution in [2.75, 3.05) is 0 Å². The summed E-state index contributed by atoms with van der Waals surface area (Å²) in [6, 6.07) is 37.2. The fourth-order valence-corrected chi connectivity index (χ4v) is 5.26. The molecule has 0 spiro atoms. The summed E-state index contributed by atoms with van der Waals surface area (Å²) in [6.07, 6.45) is 2.01. The number of para-hydroxylation sites is 3. The first-order chi connectivity index (χ1) is 17.9. The number of fused-ring (bicyclic) bond motifs is 8. The number of rotatable bonds is 2. The number of nitrogens with zero attached hydrogens (tertiary/aromatic N) is 6. The van der Waals surface area contributed by atoms with Crippen LogP contribution in [-0.2, 0) is 0 Å². The van der Waals surface area contributed by atoms with E-state index in [2.05, 4.69) is 75.7 Å². The van der Waals surface area contributed by atoms with Crippen LogP contribution in [0.2, 0.25) is 0 Å². The zero-order valence-electron chi connectivity index (χ0n) is 19.2. The Morgan fingerprint density at radius 1 is 0.583 bits per heavy atom. The molecule has 8 rings (SSSR count). The number of benzene rings is 3. The van der Waals surface area contributed by atoms with Crippen LogP contribution in [0, 0.1) is 0 Å². The minimum atomic E-state index is 0.634. The van der Waals surface area contributed by atoms with E-state index in [9.17, 15) is 0 Å². The van der Waals surface area contributed by atoms with Crippen molar-refractivity contribution in [3.05, 3.63) is 115 Å². The number of imidazole rings is 1. The Bertz CT molecular complexity index is 2100. The highest BCUT2D eigenvalue weighted by Gasteiger charge is 2.24. The quantitative estimate of drug-likeness (QED) is 0.305. The highest BCUT2D eigenvalue weighted by atomic mass is 15.2. The van der Waals surface area contributed by atoms with Gasteiger partial charge in [-0.2, -0.15) is 4.40 Å². The third kappa shape index (κ3) is 2.61. The van der Waals surface area contributed by atoms with Crippen LogP contribution in [0.4, 0.5) is 0 Å². The summed E-state index contributed by atoms with van der Waals surface area (Å²) in [6.45, 7) is 0. The molecule has 0 radical (unpaired) electrons. The molecule has 0 fully saturated rings. The summed E-state index contributed by atoms with van der Waals surface area (Å²) < 4.78 is 6.45. The molecule has 0 unspecified atom stereocenters. The van der Waals surface area contributed by atoms with Gasteiger partial charge < -0.3 is 0 Å². The molecule has 5 aromatic heterocycles. The van der Waals surface area contributed by atoms with E-state index >= 15 is 0 Å². The minimum Gasteiger partial charge on any atom is -0.290 e. The summed E-state index contributed by atoms with van der Waals surface area (Å²) in [5, 5.41) is 1.13. The molecular formula is C30H19N6+. The van der Waals surface area contributed by atoms with Crippen molar-refractivity contribution >= 4 is 44.3 Å². The van der Waals surface area contributed by atoms with Crippen molar-refractivity contribution in [1.29, 1.82) is 0 Å². The van der Waals surface area contributed by atoms with Crippen molar-refractivity contribution in [3.63, 3.8) is 0 Å². The molecule has 0 bridgehead atoms. The summed E-state index contributed by atoms with van der Waals surface area (Å²) in [5.74, 6) is 1.48. The summed E-state index contributed by atoms with van der Waals surface area (Å²) in [4.78, 5) is 15.0. The van der Waals surface area contributed by atoms with E-state index in [1.54, 1.807) is 0 Å². The van der Waals surface area contributed by atoms with Gasteiger partial charge in [0.2, 0.25) is 0 Å². The highest BCUT2D eigenvalue weighted by molar-refractivity contribution is 6.09. The lowest BCUT2D eigenvalue weighted by molar-refractivity contribution is -0.505. The number of aromatic nitrogens is 6. The summed E-state index contributed by atoms with van der Waals surface area (Å²) in [7, 11) is 0. The van der Waals surface area contributed by atoms with Gasteiger partial charge in [0.15, 0.2) is 0 Å². The van der Waals surface area contributed by atoms with E-state index in [1.807, 2.05) is 53.1 Å². The molecule has 0 aliphatic heterocycles. The van der Waals surface area contributed by atoms with E-state index in [1.165, 1.54) is 0 Å². The Hall–Kier alpha value is -5.10. The van der Waals surface area contributed by atoms with E-state index in [0.29, 0.717) is 5.95 Å². The van der Waals surface area contributed by atoms with Crippen LogP contribution < -0.4 is 4.40 Å². The van der Waals surface area contributed by atoms with Gasteiger partial charge in [-0.05, 0) is 58.5 Å². The molecule has 0 N–H and O–H groups in total. The monoisotopic (exact) mass is 463 g/mol. The average Bonchev–Trinajstić information content (AvgIpc) is 3.48. The van der Waals surface area contributed by atoms with Gasteiger partial charge in [-0.1, -0.05) is 54.6 Å². The molecule has 168 valence electrons. The molecule has 6 nitrogen and oxygen atoms in total. The van der Waals surface area contributed by atoms with Crippen molar-refractivity contribution < 1.29 is 4.40 Å². The lowest BCUT2D eigenvalue weighted by atomic mass is 10.2. The molecule has 6 heteroatoms.